The largest absolute Gasteiger partial charge is 0.481 e. The van der Waals surface area contributed by atoms with Gasteiger partial charge in [-0.1, -0.05) is 18.0 Å². The van der Waals surface area contributed by atoms with E-state index in [1.807, 2.05) is 12.1 Å². The predicted molar refractivity (Wildman–Crippen MR) is 77.9 cm³/mol. The average molecular weight is 312 g/mol. The third-order valence-electron chi connectivity index (χ3n) is 4.03. The highest BCUT2D eigenvalue weighted by Crippen LogP contribution is 2.40. The van der Waals surface area contributed by atoms with E-state index in [0.717, 1.165) is 31.4 Å². The summed E-state index contributed by atoms with van der Waals surface area (Å²) >= 11 is 6.20. The molecule has 5 nitrogen and oxygen atoms in total. The number of carboxylic acids is 1. The molecule has 1 saturated heterocycles. The highest BCUT2D eigenvalue weighted by atomic mass is 35.5. The van der Waals surface area contributed by atoms with Crippen LogP contribution in [0.5, 0.6) is 11.5 Å². The molecule has 1 unspecified atom stereocenters. The molecule has 1 N–H and O–H groups in total. The van der Waals surface area contributed by atoms with Crippen LogP contribution in [0.3, 0.4) is 0 Å². The fraction of sp³-hybridized carbons (Fsp3) is 0.533. The second-order valence-corrected chi connectivity index (χ2v) is 5.94. The Bertz CT molecular complexity index is 549. The van der Waals surface area contributed by atoms with E-state index >= 15 is 0 Å². The van der Waals surface area contributed by atoms with Crippen LogP contribution in [-0.2, 0) is 11.3 Å². The Balaban J connectivity index is 1.75. The molecule has 0 radical (unpaired) electrons. The topological polar surface area (TPSA) is 59.0 Å². The lowest BCUT2D eigenvalue weighted by Gasteiger charge is -2.35. The fourth-order valence-electron chi connectivity index (χ4n) is 3.05. The molecule has 6 heteroatoms. The van der Waals surface area contributed by atoms with Gasteiger partial charge in [0, 0.05) is 12.6 Å². The molecule has 21 heavy (non-hydrogen) atoms. The minimum absolute atomic E-state index is 0.0976. The number of nitrogens with zero attached hydrogens (tertiary/aromatic N) is 1. The molecule has 2 aliphatic heterocycles. The van der Waals surface area contributed by atoms with Gasteiger partial charge in [-0.25, -0.2) is 0 Å². The third-order valence-corrected chi connectivity index (χ3v) is 4.31. The van der Waals surface area contributed by atoms with Crippen molar-refractivity contribution < 1.29 is 19.4 Å². The number of rotatable bonds is 4. The van der Waals surface area contributed by atoms with Crippen molar-refractivity contribution in [3.63, 3.8) is 0 Å². The molecule has 1 aromatic carbocycles. The van der Waals surface area contributed by atoms with Crippen LogP contribution in [0.25, 0.3) is 0 Å². The van der Waals surface area contributed by atoms with Crippen LogP contribution in [-0.4, -0.2) is 35.4 Å². The molecule has 0 spiro atoms. The van der Waals surface area contributed by atoms with Crippen molar-refractivity contribution in [1.82, 2.24) is 4.90 Å². The van der Waals surface area contributed by atoms with Gasteiger partial charge in [0.15, 0.2) is 11.5 Å². The van der Waals surface area contributed by atoms with Gasteiger partial charge in [-0.3, -0.25) is 9.69 Å². The molecule has 3 rings (SSSR count). The maximum absolute atomic E-state index is 11.0. The number of halogens is 1. The molecule has 0 amide bonds. The van der Waals surface area contributed by atoms with Crippen LogP contribution in [0, 0.1) is 0 Å². The van der Waals surface area contributed by atoms with Crippen LogP contribution in [0.2, 0.25) is 5.02 Å². The molecule has 0 saturated carbocycles. The number of fused-ring (bicyclic) bond motifs is 1. The minimum atomic E-state index is -0.740. The highest BCUT2D eigenvalue weighted by molar-refractivity contribution is 6.32. The van der Waals surface area contributed by atoms with E-state index in [1.165, 1.54) is 0 Å². The van der Waals surface area contributed by atoms with Crippen LogP contribution in [0.1, 0.15) is 31.2 Å². The lowest BCUT2D eigenvalue weighted by Crippen LogP contribution is -2.40. The molecule has 2 heterocycles. The molecule has 1 fully saturated rings. The normalized spacial score (nSPS) is 21.5. The first kappa shape index (κ1) is 14.5. The zero-order chi connectivity index (χ0) is 14.8. The molecule has 0 aliphatic carbocycles. The molecule has 1 aromatic rings. The van der Waals surface area contributed by atoms with Crippen molar-refractivity contribution >= 4 is 17.6 Å². The minimum Gasteiger partial charge on any atom is -0.481 e. The SMILES string of the molecule is O=C(O)CC1CCCCN1Cc1cc(Cl)c2c(c1)OCO2. The van der Waals surface area contributed by atoms with Gasteiger partial charge in [0.1, 0.15) is 0 Å². The number of carboxylic acid groups (broad SMARTS) is 1. The first-order valence-electron chi connectivity index (χ1n) is 7.17. The Labute approximate surface area is 128 Å². The Morgan fingerprint density at radius 3 is 3.05 bits per heavy atom. The van der Waals surface area contributed by atoms with Gasteiger partial charge in [0.2, 0.25) is 6.79 Å². The number of carbonyl (C=O) groups is 1. The van der Waals surface area contributed by atoms with E-state index in [9.17, 15) is 4.79 Å². The second kappa shape index (κ2) is 6.12. The molecule has 114 valence electrons. The zero-order valence-corrected chi connectivity index (χ0v) is 12.4. The van der Waals surface area contributed by atoms with E-state index in [-0.39, 0.29) is 19.3 Å². The number of ether oxygens (including phenoxy) is 2. The van der Waals surface area contributed by atoms with Crippen molar-refractivity contribution in [3.8, 4) is 11.5 Å². The maximum atomic E-state index is 11.0. The third kappa shape index (κ3) is 3.24. The van der Waals surface area contributed by atoms with Gasteiger partial charge in [-0.05, 0) is 37.1 Å². The van der Waals surface area contributed by atoms with Crippen LogP contribution < -0.4 is 9.47 Å². The molecular formula is C15H18ClNO4. The quantitative estimate of drug-likeness (QED) is 0.926. The summed E-state index contributed by atoms with van der Waals surface area (Å²) in [6.07, 6.45) is 3.33. The fourth-order valence-corrected chi connectivity index (χ4v) is 3.34. The summed E-state index contributed by atoms with van der Waals surface area (Å²) in [5, 5.41) is 9.58. The smallest absolute Gasteiger partial charge is 0.304 e. The average Bonchev–Trinajstić information content (AvgIpc) is 2.89. The molecule has 1 atom stereocenters. The lowest BCUT2D eigenvalue weighted by molar-refractivity contribution is -0.138. The summed E-state index contributed by atoms with van der Waals surface area (Å²) in [7, 11) is 0. The van der Waals surface area contributed by atoms with Crippen LogP contribution in [0.4, 0.5) is 0 Å². The Hall–Kier alpha value is -1.46. The Morgan fingerprint density at radius 2 is 2.24 bits per heavy atom. The van der Waals surface area contributed by atoms with Gasteiger partial charge in [0.25, 0.3) is 0 Å². The van der Waals surface area contributed by atoms with Gasteiger partial charge in [0.05, 0.1) is 11.4 Å². The van der Waals surface area contributed by atoms with E-state index in [1.54, 1.807) is 0 Å². The monoisotopic (exact) mass is 311 g/mol. The lowest BCUT2D eigenvalue weighted by atomic mass is 9.98. The summed E-state index contributed by atoms with van der Waals surface area (Å²) in [5.74, 6) is 0.529. The molecule has 2 aliphatic rings. The summed E-state index contributed by atoms with van der Waals surface area (Å²) in [4.78, 5) is 13.2. The molecule has 0 bridgehead atoms. The van der Waals surface area contributed by atoms with Crippen molar-refractivity contribution in [1.29, 1.82) is 0 Å². The van der Waals surface area contributed by atoms with Crippen LogP contribution in [0.15, 0.2) is 12.1 Å². The molecular weight excluding hydrogens is 294 g/mol. The Morgan fingerprint density at radius 1 is 1.38 bits per heavy atom. The summed E-state index contributed by atoms with van der Waals surface area (Å²) in [6, 6.07) is 3.91. The maximum Gasteiger partial charge on any atom is 0.304 e. The predicted octanol–water partition coefficient (Wildman–Crippen LogP) is 2.90. The second-order valence-electron chi connectivity index (χ2n) is 5.53. The van der Waals surface area contributed by atoms with Gasteiger partial charge >= 0.3 is 5.97 Å². The number of aliphatic carboxylic acids is 1. The number of hydrogen-bond acceptors (Lipinski definition) is 4. The highest BCUT2D eigenvalue weighted by Gasteiger charge is 2.26. The first-order chi connectivity index (χ1) is 10.1. The van der Waals surface area contributed by atoms with E-state index in [0.29, 0.717) is 23.1 Å². The van der Waals surface area contributed by atoms with Gasteiger partial charge < -0.3 is 14.6 Å². The summed E-state index contributed by atoms with van der Waals surface area (Å²) < 4.78 is 10.7. The number of benzene rings is 1. The van der Waals surface area contributed by atoms with E-state index in [2.05, 4.69) is 4.90 Å². The van der Waals surface area contributed by atoms with Crippen LogP contribution >= 0.6 is 11.6 Å². The summed E-state index contributed by atoms with van der Waals surface area (Å²) in [5.41, 5.74) is 1.03. The van der Waals surface area contributed by atoms with Gasteiger partial charge in [-0.2, -0.15) is 0 Å². The number of hydrogen-bond donors (Lipinski definition) is 1. The van der Waals surface area contributed by atoms with E-state index in [4.69, 9.17) is 26.2 Å². The Kier molecular flexibility index (Phi) is 4.22. The van der Waals surface area contributed by atoms with Crippen molar-refractivity contribution in [2.45, 2.75) is 38.3 Å². The van der Waals surface area contributed by atoms with Gasteiger partial charge in [-0.15, -0.1) is 0 Å². The molecule has 0 aromatic heterocycles. The first-order valence-corrected chi connectivity index (χ1v) is 7.55. The summed E-state index contributed by atoms with van der Waals surface area (Å²) in [6.45, 7) is 1.81. The van der Waals surface area contributed by atoms with Crippen molar-refractivity contribution in [2.75, 3.05) is 13.3 Å². The van der Waals surface area contributed by atoms with Crippen molar-refractivity contribution in [3.05, 3.63) is 22.7 Å². The van der Waals surface area contributed by atoms with E-state index < -0.39 is 5.97 Å². The standard InChI is InChI=1S/C15H18ClNO4/c16-12-5-10(6-13-15(12)21-9-20-13)8-17-4-2-1-3-11(17)7-14(18)19/h5-6,11H,1-4,7-9H2,(H,18,19). The number of likely N-dealkylation sites (tertiary alicyclic amines) is 1. The number of piperidine rings is 1. The zero-order valence-electron chi connectivity index (χ0n) is 11.7. The van der Waals surface area contributed by atoms with Crippen molar-refractivity contribution in [2.24, 2.45) is 0 Å².